The minimum Gasteiger partial charge on any atom is -0.462 e. The molecule has 6 nitrogen and oxygen atoms in total. The van der Waals surface area contributed by atoms with Crippen molar-refractivity contribution in [2.75, 3.05) is 13.2 Å². The highest BCUT2D eigenvalue weighted by atomic mass is 16.6. The third-order valence-electron chi connectivity index (χ3n) is 11.4. The van der Waals surface area contributed by atoms with Crippen molar-refractivity contribution in [3.05, 3.63) is 0 Å². The van der Waals surface area contributed by atoms with Crippen molar-refractivity contribution in [1.82, 2.24) is 0 Å². The Morgan fingerprint density at radius 2 is 0.482 bits per heavy atom. The summed E-state index contributed by atoms with van der Waals surface area (Å²) in [6.45, 7) is 6.66. The summed E-state index contributed by atoms with van der Waals surface area (Å²) in [6.07, 6.45) is 47.9. The number of rotatable bonds is 46. The van der Waals surface area contributed by atoms with Crippen molar-refractivity contribution >= 4 is 17.9 Å². The monoisotopic (exact) mass is 793 g/mol. The molecule has 0 saturated heterocycles. The molecule has 0 spiro atoms. The largest absolute Gasteiger partial charge is 0.462 e. The van der Waals surface area contributed by atoms with Crippen LogP contribution in [0.2, 0.25) is 0 Å². The predicted molar refractivity (Wildman–Crippen MR) is 238 cm³/mol. The number of carbonyl (C=O) groups excluding carboxylic acids is 3. The van der Waals surface area contributed by atoms with Crippen molar-refractivity contribution in [3.63, 3.8) is 0 Å². The van der Waals surface area contributed by atoms with E-state index < -0.39 is 6.10 Å². The van der Waals surface area contributed by atoms with Gasteiger partial charge in [-0.1, -0.05) is 245 Å². The van der Waals surface area contributed by atoms with Crippen molar-refractivity contribution in [2.24, 2.45) is 0 Å². The van der Waals surface area contributed by atoms with E-state index in [4.69, 9.17) is 14.2 Å². The zero-order chi connectivity index (χ0) is 40.8. The van der Waals surface area contributed by atoms with Gasteiger partial charge in [-0.25, -0.2) is 0 Å². The molecule has 0 aromatic heterocycles. The van der Waals surface area contributed by atoms with E-state index in [9.17, 15) is 14.4 Å². The van der Waals surface area contributed by atoms with Crippen LogP contribution in [-0.4, -0.2) is 37.2 Å². The molecule has 0 aromatic carbocycles. The van der Waals surface area contributed by atoms with Crippen LogP contribution >= 0.6 is 0 Å². The molecule has 0 bridgehead atoms. The summed E-state index contributed by atoms with van der Waals surface area (Å²) in [7, 11) is 0. The maximum absolute atomic E-state index is 12.7. The Hall–Kier alpha value is -1.59. The quantitative estimate of drug-likeness (QED) is 0.0347. The molecule has 6 heteroatoms. The van der Waals surface area contributed by atoms with E-state index in [-0.39, 0.29) is 31.1 Å². The third-order valence-corrected chi connectivity index (χ3v) is 11.4. The highest BCUT2D eigenvalue weighted by Crippen LogP contribution is 2.16. The van der Waals surface area contributed by atoms with Crippen molar-refractivity contribution in [3.8, 4) is 0 Å². The van der Waals surface area contributed by atoms with Gasteiger partial charge in [0, 0.05) is 19.3 Å². The first-order chi connectivity index (χ1) is 27.5. The lowest BCUT2D eigenvalue weighted by Crippen LogP contribution is -2.30. The lowest BCUT2D eigenvalue weighted by Gasteiger charge is -2.18. The molecule has 56 heavy (non-hydrogen) atoms. The van der Waals surface area contributed by atoms with E-state index in [1.54, 1.807) is 0 Å². The first-order valence-corrected chi connectivity index (χ1v) is 25.0. The zero-order valence-corrected chi connectivity index (χ0v) is 37.9. The van der Waals surface area contributed by atoms with E-state index in [1.807, 2.05) is 0 Å². The standard InChI is InChI=1S/C50H96O6/c1-4-7-10-13-16-19-22-24-26-28-31-34-37-40-43-49(52)55-46-47(45-54-48(51)42-39-36-33-30-27-21-18-15-12-9-6-3)56-50(53)44-41-38-35-32-29-25-23-20-17-14-11-8-5-2/h47H,4-46H2,1-3H3/t47-/m1/s1. The van der Waals surface area contributed by atoms with Gasteiger partial charge in [0.1, 0.15) is 13.2 Å². The van der Waals surface area contributed by atoms with Crippen LogP contribution in [-0.2, 0) is 28.6 Å². The summed E-state index contributed by atoms with van der Waals surface area (Å²) < 4.78 is 16.8. The Labute approximate surface area is 348 Å². The molecule has 0 amide bonds. The molecule has 0 unspecified atom stereocenters. The van der Waals surface area contributed by atoms with Gasteiger partial charge in [0.2, 0.25) is 0 Å². The van der Waals surface area contributed by atoms with Gasteiger partial charge in [0.05, 0.1) is 0 Å². The third kappa shape index (κ3) is 43.5. The summed E-state index contributed by atoms with van der Waals surface area (Å²) in [5, 5.41) is 0. The van der Waals surface area contributed by atoms with E-state index in [1.165, 1.54) is 186 Å². The lowest BCUT2D eigenvalue weighted by molar-refractivity contribution is -0.167. The second-order valence-electron chi connectivity index (χ2n) is 17.1. The average molecular weight is 793 g/mol. The molecule has 0 aromatic rings. The average Bonchev–Trinajstić information content (AvgIpc) is 3.19. The van der Waals surface area contributed by atoms with Crippen LogP contribution in [0.5, 0.6) is 0 Å². The van der Waals surface area contributed by atoms with Gasteiger partial charge >= 0.3 is 17.9 Å². The summed E-state index contributed by atoms with van der Waals surface area (Å²) in [5.74, 6) is -0.844. The summed E-state index contributed by atoms with van der Waals surface area (Å²) in [5.41, 5.74) is 0. The predicted octanol–water partition coefficient (Wildman–Crippen LogP) is 16.0. The number of hydrogen-bond acceptors (Lipinski definition) is 6. The Balaban J connectivity index is 4.30. The second-order valence-corrected chi connectivity index (χ2v) is 17.1. The topological polar surface area (TPSA) is 78.9 Å². The lowest BCUT2D eigenvalue weighted by atomic mass is 10.0. The van der Waals surface area contributed by atoms with E-state index in [0.29, 0.717) is 19.3 Å². The molecular formula is C50H96O6. The number of hydrogen-bond donors (Lipinski definition) is 0. The highest BCUT2D eigenvalue weighted by molar-refractivity contribution is 5.71. The minimum atomic E-state index is -0.758. The fraction of sp³-hybridized carbons (Fsp3) is 0.940. The highest BCUT2D eigenvalue weighted by Gasteiger charge is 2.19. The second kappa shape index (κ2) is 46.1. The molecule has 0 radical (unpaired) electrons. The maximum Gasteiger partial charge on any atom is 0.306 e. The van der Waals surface area contributed by atoms with Gasteiger partial charge < -0.3 is 14.2 Å². The van der Waals surface area contributed by atoms with Gasteiger partial charge in [-0.05, 0) is 19.3 Å². The molecule has 0 aliphatic carbocycles. The summed E-state index contributed by atoms with van der Waals surface area (Å²) >= 11 is 0. The molecule has 0 rings (SSSR count). The summed E-state index contributed by atoms with van der Waals surface area (Å²) in [4.78, 5) is 37.8. The van der Waals surface area contributed by atoms with Gasteiger partial charge in [0.15, 0.2) is 6.10 Å². The molecule has 0 heterocycles. The maximum atomic E-state index is 12.7. The van der Waals surface area contributed by atoms with Crippen LogP contribution in [0.4, 0.5) is 0 Å². The zero-order valence-electron chi connectivity index (χ0n) is 37.9. The fourth-order valence-corrected chi connectivity index (χ4v) is 7.56. The van der Waals surface area contributed by atoms with Crippen LogP contribution in [0.1, 0.15) is 284 Å². The van der Waals surface area contributed by atoms with Gasteiger partial charge in [-0.3, -0.25) is 14.4 Å². The first-order valence-electron chi connectivity index (χ1n) is 25.0. The van der Waals surface area contributed by atoms with E-state index >= 15 is 0 Å². The molecule has 332 valence electrons. The normalized spacial score (nSPS) is 11.8. The van der Waals surface area contributed by atoms with Crippen molar-refractivity contribution in [2.45, 2.75) is 290 Å². The Kier molecular flexibility index (Phi) is 44.8. The van der Waals surface area contributed by atoms with Crippen LogP contribution in [0, 0.1) is 0 Å². The molecule has 0 saturated carbocycles. The molecule has 0 aliphatic rings. The number of ether oxygens (including phenoxy) is 3. The molecule has 0 fully saturated rings. The van der Waals surface area contributed by atoms with Crippen LogP contribution in [0.25, 0.3) is 0 Å². The fourth-order valence-electron chi connectivity index (χ4n) is 7.56. The van der Waals surface area contributed by atoms with Crippen LogP contribution < -0.4 is 0 Å². The first kappa shape index (κ1) is 54.4. The van der Waals surface area contributed by atoms with Crippen LogP contribution in [0.3, 0.4) is 0 Å². The Bertz CT molecular complexity index is 828. The minimum absolute atomic E-state index is 0.0620. The molecule has 0 aliphatic heterocycles. The number of carbonyl (C=O) groups is 3. The van der Waals surface area contributed by atoms with Crippen LogP contribution in [0.15, 0.2) is 0 Å². The smallest absolute Gasteiger partial charge is 0.306 e. The van der Waals surface area contributed by atoms with E-state index in [0.717, 1.165) is 57.8 Å². The van der Waals surface area contributed by atoms with Crippen molar-refractivity contribution < 1.29 is 28.6 Å². The van der Waals surface area contributed by atoms with E-state index in [2.05, 4.69) is 20.8 Å². The molecule has 1 atom stereocenters. The van der Waals surface area contributed by atoms with Gasteiger partial charge in [-0.15, -0.1) is 0 Å². The molecular weight excluding hydrogens is 697 g/mol. The molecule has 0 N–H and O–H groups in total. The van der Waals surface area contributed by atoms with Crippen molar-refractivity contribution in [1.29, 1.82) is 0 Å². The Morgan fingerprint density at radius 3 is 0.714 bits per heavy atom. The number of esters is 3. The van der Waals surface area contributed by atoms with Gasteiger partial charge in [-0.2, -0.15) is 0 Å². The SMILES string of the molecule is CCCCCCCCCCCCCCCCC(=O)OC[C@@H](COC(=O)CCCCCCCCCCCCC)OC(=O)CCCCCCCCCCCCCCC. The Morgan fingerprint density at radius 1 is 0.286 bits per heavy atom. The summed E-state index contributed by atoms with van der Waals surface area (Å²) in [6, 6.07) is 0. The number of unbranched alkanes of at least 4 members (excludes halogenated alkanes) is 35. The van der Waals surface area contributed by atoms with Gasteiger partial charge in [0.25, 0.3) is 0 Å².